The third-order valence-electron chi connectivity index (χ3n) is 8.39. The van der Waals surface area contributed by atoms with Crippen LogP contribution in [0.4, 0.5) is 14.5 Å². The number of piperidine rings is 1. The standard InChI is InChI=1S/C27H33F2N5S/c1-35(2)26(19-8-4-3-5-9-19)10-6-7-11-34(35)14-20-12-24(29)25(13-23(20)28)32-15-21-22(16-32)27(21)33-17-30-31-18-33/h3-5,8-9,12-13,17-18,21-22,26-27H,6-7,10-11,14-16H2,1-2H3/t21-,22+,26-,27+/m0/s1. The van der Waals surface area contributed by atoms with Gasteiger partial charge in [0.1, 0.15) is 24.3 Å². The van der Waals surface area contributed by atoms with Gasteiger partial charge in [0.2, 0.25) is 0 Å². The fraction of sp³-hybridized carbons (Fsp3) is 0.481. The molecule has 1 aromatic heterocycles. The number of rotatable bonds is 5. The molecular weight excluding hydrogens is 464 g/mol. The minimum Gasteiger partial charge on any atom is -0.368 e. The number of benzene rings is 2. The van der Waals surface area contributed by atoms with Gasteiger partial charge in [0.05, 0.1) is 5.69 Å². The van der Waals surface area contributed by atoms with Gasteiger partial charge in [-0.05, 0) is 37.0 Å². The number of fused-ring (bicyclic) bond motifs is 1. The minimum atomic E-state index is -1.22. The van der Waals surface area contributed by atoms with E-state index < -0.39 is 10.2 Å². The van der Waals surface area contributed by atoms with Crippen LogP contribution in [-0.2, 0) is 6.54 Å². The van der Waals surface area contributed by atoms with E-state index in [0.29, 0.717) is 40.9 Å². The molecule has 186 valence electrons. The van der Waals surface area contributed by atoms with Crippen molar-refractivity contribution in [2.45, 2.75) is 37.1 Å². The van der Waals surface area contributed by atoms with Crippen LogP contribution in [0.3, 0.4) is 0 Å². The molecular formula is C27H33F2N5S. The second kappa shape index (κ2) is 8.89. The Hall–Kier alpha value is -2.45. The zero-order valence-electron chi connectivity index (χ0n) is 20.4. The summed E-state index contributed by atoms with van der Waals surface area (Å²) in [5.41, 5.74) is 2.22. The summed E-state index contributed by atoms with van der Waals surface area (Å²) in [5, 5.41) is 8.23. The molecule has 3 aromatic rings. The first kappa shape index (κ1) is 23.0. The van der Waals surface area contributed by atoms with E-state index in [9.17, 15) is 0 Å². The highest BCUT2D eigenvalue weighted by Crippen LogP contribution is 2.61. The topological polar surface area (TPSA) is 37.2 Å². The molecule has 3 fully saturated rings. The number of anilines is 1. The highest BCUT2D eigenvalue weighted by molar-refractivity contribution is 8.30. The molecule has 0 amide bonds. The molecule has 0 N–H and O–H groups in total. The van der Waals surface area contributed by atoms with Crippen LogP contribution in [0.1, 0.15) is 41.7 Å². The molecule has 3 aliphatic rings. The van der Waals surface area contributed by atoms with Gasteiger partial charge in [-0.25, -0.2) is 8.78 Å². The highest BCUT2D eigenvalue weighted by Gasteiger charge is 2.57. The molecule has 4 atom stereocenters. The fourth-order valence-electron chi connectivity index (χ4n) is 6.36. The first-order valence-corrected chi connectivity index (χ1v) is 15.0. The van der Waals surface area contributed by atoms with Gasteiger partial charge in [-0.1, -0.05) is 36.8 Å². The zero-order valence-corrected chi connectivity index (χ0v) is 21.2. The van der Waals surface area contributed by atoms with Crippen molar-refractivity contribution >= 4 is 15.9 Å². The summed E-state index contributed by atoms with van der Waals surface area (Å²) in [5.74, 6) is 0.285. The quantitative estimate of drug-likeness (QED) is 0.462. The Morgan fingerprint density at radius 2 is 1.66 bits per heavy atom. The molecule has 8 heteroatoms. The Bertz CT molecular complexity index is 1170. The van der Waals surface area contributed by atoms with Gasteiger partial charge in [-0.2, -0.15) is 10.2 Å². The zero-order chi connectivity index (χ0) is 24.2. The van der Waals surface area contributed by atoms with E-state index in [4.69, 9.17) is 0 Å². The predicted octanol–water partition coefficient (Wildman–Crippen LogP) is 5.57. The Morgan fingerprint density at radius 3 is 2.37 bits per heavy atom. The van der Waals surface area contributed by atoms with Crippen molar-refractivity contribution in [2.24, 2.45) is 11.8 Å². The van der Waals surface area contributed by atoms with Crippen LogP contribution < -0.4 is 4.90 Å². The van der Waals surface area contributed by atoms with E-state index in [1.807, 2.05) is 9.47 Å². The van der Waals surface area contributed by atoms with Gasteiger partial charge in [0, 0.05) is 60.9 Å². The van der Waals surface area contributed by atoms with E-state index in [-0.39, 0.29) is 11.6 Å². The molecule has 0 radical (unpaired) electrons. The molecule has 1 saturated carbocycles. The summed E-state index contributed by atoms with van der Waals surface area (Å²) in [6.45, 7) is 2.86. The normalized spacial score (nSPS) is 29.0. The molecule has 0 bridgehead atoms. The Morgan fingerprint density at radius 1 is 0.943 bits per heavy atom. The van der Waals surface area contributed by atoms with Gasteiger partial charge in [0.15, 0.2) is 0 Å². The van der Waals surface area contributed by atoms with Crippen molar-refractivity contribution in [3.8, 4) is 0 Å². The first-order chi connectivity index (χ1) is 16.9. The van der Waals surface area contributed by atoms with E-state index >= 15 is 8.78 Å². The summed E-state index contributed by atoms with van der Waals surface area (Å²) < 4.78 is 35.2. The summed E-state index contributed by atoms with van der Waals surface area (Å²) in [7, 11) is -1.22. The number of nitrogens with zero attached hydrogens (tertiary/aromatic N) is 5. The van der Waals surface area contributed by atoms with Crippen LogP contribution in [0.25, 0.3) is 0 Å². The average molecular weight is 498 g/mol. The third kappa shape index (κ3) is 4.14. The van der Waals surface area contributed by atoms with E-state index in [0.717, 1.165) is 38.9 Å². The fourth-order valence-corrected chi connectivity index (χ4v) is 9.36. The van der Waals surface area contributed by atoms with Crippen molar-refractivity contribution in [3.63, 3.8) is 0 Å². The summed E-state index contributed by atoms with van der Waals surface area (Å²) in [4.78, 5) is 2.00. The highest BCUT2D eigenvalue weighted by atomic mass is 32.3. The monoisotopic (exact) mass is 497 g/mol. The lowest BCUT2D eigenvalue weighted by molar-refractivity contribution is 0.435. The van der Waals surface area contributed by atoms with Crippen molar-refractivity contribution < 1.29 is 8.78 Å². The average Bonchev–Trinajstić information content (AvgIpc) is 3.19. The smallest absolute Gasteiger partial charge is 0.147 e. The second-order valence-electron chi connectivity index (χ2n) is 10.6. The molecule has 0 spiro atoms. The van der Waals surface area contributed by atoms with Gasteiger partial charge >= 0.3 is 0 Å². The number of hydrogen-bond acceptors (Lipinski definition) is 4. The van der Waals surface area contributed by atoms with Crippen molar-refractivity contribution in [1.29, 1.82) is 0 Å². The van der Waals surface area contributed by atoms with Crippen molar-refractivity contribution in [3.05, 3.63) is 77.9 Å². The molecule has 35 heavy (non-hydrogen) atoms. The van der Waals surface area contributed by atoms with Gasteiger partial charge in [-0.3, -0.25) is 4.31 Å². The molecule has 6 rings (SSSR count). The van der Waals surface area contributed by atoms with Crippen molar-refractivity contribution in [1.82, 2.24) is 19.1 Å². The first-order valence-electron chi connectivity index (χ1n) is 12.5. The van der Waals surface area contributed by atoms with Gasteiger partial charge in [-0.15, -0.1) is 10.2 Å². The van der Waals surface area contributed by atoms with Crippen LogP contribution in [-0.4, -0.2) is 51.2 Å². The lowest BCUT2D eigenvalue weighted by Gasteiger charge is -2.48. The maximum Gasteiger partial charge on any atom is 0.147 e. The summed E-state index contributed by atoms with van der Waals surface area (Å²) >= 11 is 0. The van der Waals surface area contributed by atoms with Crippen LogP contribution in [0.2, 0.25) is 0 Å². The van der Waals surface area contributed by atoms with E-state index in [1.54, 1.807) is 12.7 Å². The molecule has 2 aliphatic heterocycles. The minimum absolute atomic E-state index is 0.298. The molecule has 2 aromatic carbocycles. The number of hydrogen-bond donors (Lipinski definition) is 0. The Labute approximate surface area is 207 Å². The van der Waals surface area contributed by atoms with E-state index in [1.165, 1.54) is 17.7 Å². The lowest BCUT2D eigenvalue weighted by Crippen LogP contribution is -2.30. The molecule has 1 aliphatic carbocycles. The number of halogens is 2. The molecule has 0 unspecified atom stereocenters. The Balaban J connectivity index is 1.19. The van der Waals surface area contributed by atoms with E-state index in [2.05, 4.69) is 57.3 Å². The second-order valence-corrected chi connectivity index (χ2v) is 14.4. The van der Waals surface area contributed by atoms with Crippen LogP contribution >= 0.6 is 10.2 Å². The molecule has 5 nitrogen and oxygen atoms in total. The maximum absolute atomic E-state index is 15.4. The van der Waals surface area contributed by atoms with Crippen LogP contribution in [0, 0.1) is 23.5 Å². The molecule has 3 heterocycles. The maximum atomic E-state index is 15.4. The number of aromatic nitrogens is 3. The van der Waals surface area contributed by atoms with Gasteiger partial charge < -0.3 is 9.47 Å². The molecule has 2 saturated heterocycles. The Kier molecular flexibility index (Phi) is 5.84. The summed E-state index contributed by atoms with van der Waals surface area (Å²) in [6.07, 6.45) is 11.6. The lowest BCUT2D eigenvalue weighted by atomic mass is 10.1. The summed E-state index contributed by atoms with van der Waals surface area (Å²) in [6, 6.07) is 14.0. The SMILES string of the molecule is CS1(C)[C@H](c2ccccc2)CCCCN1Cc1cc(F)c(N2C[C@@H]3[C@H](C2)[C@H]3n2cnnc2)cc1F. The van der Waals surface area contributed by atoms with Gasteiger partial charge in [0.25, 0.3) is 0 Å². The predicted molar refractivity (Wildman–Crippen MR) is 137 cm³/mol. The largest absolute Gasteiger partial charge is 0.368 e. The van der Waals surface area contributed by atoms with Crippen molar-refractivity contribution in [2.75, 3.05) is 37.0 Å². The third-order valence-corrected chi connectivity index (χ3v) is 11.9. The van der Waals surface area contributed by atoms with Crippen LogP contribution in [0.5, 0.6) is 0 Å². The van der Waals surface area contributed by atoms with Crippen LogP contribution in [0.15, 0.2) is 55.1 Å².